The SMILES string of the molecule is C1=CCC2CCC(N(c3ccc(-c4ccc5c(c4)oc4ccccc45)cc3)c3ccc4c(c3)C3(C5=C(CCC=C5)c5ccccc53)c3ccccc3-4)=C(c3ccccc3)C2=C1. The van der Waals surface area contributed by atoms with Gasteiger partial charge >= 0.3 is 0 Å². The second-order valence-corrected chi connectivity index (χ2v) is 17.3. The Morgan fingerprint density at radius 3 is 2.15 bits per heavy atom. The molecule has 1 heterocycles. The van der Waals surface area contributed by atoms with Crippen molar-refractivity contribution < 1.29 is 4.42 Å². The van der Waals surface area contributed by atoms with Crippen molar-refractivity contribution in [2.75, 3.05) is 4.90 Å². The molecule has 5 aliphatic rings. The Bertz CT molecular complexity index is 3280. The molecule has 7 aromatic carbocycles. The largest absolute Gasteiger partial charge is 0.456 e. The molecule has 2 atom stereocenters. The van der Waals surface area contributed by atoms with Gasteiger partial charge in [0.2, 0.25) is 0 Å². The minimum Gasteiger partial charge on any atom is -0.456 e. The number of anilines is 2. The van der Waals surface area contributed by atoms with Crippen molar-refractivity contribution in [3.8, 4) is 22.3 Å². The first kappa shape index (κ1) is 34.7. The van der Waals surface area contributed by atoms with Crippen LogP contribution in [-0.4, -0.2) is 0 Å². The van der Waals surface area contributed by atoms with Gasteiger partial charge in [-0.15, -0.1) is 0 Å². The van der Waals surface area contributed by atoms with Gasteiger partial charge in [0.15, 0.2) is 0 Å². The van der Waals surface area contributed by atoms with E-state index in [0.29, 0.717) is 5.92 Å². The Morgan fingerprint density at radius 2 is 1.26 bits per heavy atom. The molecule has 290 valence electrons. The molecule has 0 aliphatic heterocycles. The summed E-state index contributed by atoms with van der Waals surface area (Å²) in [5, 5.41) is 2.31. The molecule has 5 aliphatic carbocycles. The highest BCUT2D eigenvalue weighted by Gasteiger charge is 2.52. The number of rotatable bonds is 5. The molecule has 0 saturated carbocycles. The van der Waals surface area contributed by atoms with E-state index in [4.69, 9.17) is 4.42 Å². The first-order valence-corrected chi connectivity index (χ1v) is 22.0. The molecule has 0 amide bonds. The predicted molar refractivity (Wildman–Crippen MR) is 253 cm³/mol. The quantitative estimate of drug-likeness (QED) is 0.173. The van der Waals surface area contributed by atoms with Crippen LogP contribution in [-0.2, 0) is 5.41 Å². The van der Waals surface area contributed by atoms with E-state index in [2.05, 4.69) is 193 Å². The summed E-state index contributed by atoms with van der Waals surface area (Å²) in [6.07, 6.45) is 17.2. The number of nitrogens with zero attached hydrogens (tertiary/aromatic N) is 1. The summed E-state index contributed by atoms with van der Waals surface area (Å²) < 4.78 is 6.33. The summed E-state index contributed by atoms with van der Waals surface area (Å²) in [6, 6.07) is 61.1. The molecular formula is C59H43NO. The maximum Gasteiger partial charge on any atom is 0.136 e. The van der Waals surface area contributed by atoms with Gasteiger partial charge in [-0.1, -0.05) is 152 Å². The Morgan fingerprint density at radius 1 is 0.541 bits per heavy atom. The van der Waals surface area contributed by atoms with E-state index in [9.17, 15) is 0 Å². The normalized spacial score (nSPS) is 19.5. The van der Waals surface area contributed by atoms with Crippen molar-refractivity contribution in [1.82, 2.24) is 0 Å². The van der Waals surface area contributed by atoms with Gasteiger partial charge in [0, 0.05) is 33.4 Å². The summed E-state index contributed by atoms with van der Waals surface area (Å²) in [5.41, 5.74) is 22.8. The highest BCUT2D eigenvalue weighted by molar-refractivity contribution is 6.06. The van der Waals surface area contributed by atoms with Gasteiger partial charge in [-0.2, -0.15) is 0 Å². The van der Waals surface area contributed by atoms with E-state index >= 15 is 0 Å². The van der Waals surface area contributed by atoms with Gasteiger partial charge < -0.3 is 9.32 Å². The molecule has 0 radical (unpaired) electrons. The lowest BCUT2D eigenvalue weighted by atomic mass is 9.69. The second-order valence-electron chi connectivity index (χ2n) is 17.3. The Hall–Kier alpha value is -7.16. The summed E-state index contributed by atoms with van der Waals surface area (Å²) in [5.74, 6) is 0.512. The fourth-order valence-electron chi connectivity index (χ4n) is 11.7. The minimum atomic E-state index is -0.374. The van der Waals surface area contributed by atoms with Crippen LogP contribution in [0.5, 0.6) is 0 Å². The van der Waals surface area contributed by atoms with Crippen LogP contribution in [0.2, 0.25) is 0 Å². The zero-order valence-electron chi connectivity index (χ0n) is 33.9. The first-order chi connectivity index (χ1) is 30.3. The fraction of sp³-hybridized carbons (Fsp3) is 0.119. The number of hydrogen-bond donors (Lipinski definition) is 0. The summed E-state index contributed by atoms with van der Waals surface area (Å²) >= 11 is 0. The van der Waals surface area contributed by atoms with Crippen LogP contribution in [0.3, 0.4) is 0 Å². The van der Waals surface area contributed by atoms with Gasteiger partial charge in [0.1, 0.15) is 11.2 Å². The van der Waals surface area contributed by atoms with E-state index in [0.717, 1.165) is 65.3 Å². The summed E-state index contributed by atoms with van der Waals surface area (Å²) in [6.45, 7) is 0. The highest BCUT2D eigenvalue weighted by Crippen LogP contribution is 2.64. The monoisotopic (exact) mass is 781 g/mol. The number of fused-ring (bicyclic) bond motifs is 13. The van der Waals surface area contributed by atoms with E-state index in [1.165, 1.54) is 78.2 Å². The molecule has 8 aromatic rings. The first-order valence-electron chi connectivity index (χ1n) is 22.0. The molecule has 0 N–H and O–H groups in total. The zero-order chi connectivity index (χ0) is 40.1. The van der Waals surface area contributed by atoms with Gasteiger partial charge in [0.25, 0.3) is 0 Å². The zero-order valence-corrected chi connectivity index (χ0v) is 33.9. The van der Waals surface area contributed by atoms with Gasteiger partial charge in [-0.05, 0) is 147 Å². The smallest absolute Gasteiger partial charge is 0.136 e. The maximum atomic E-state index is 6.33. The van der Waals surface area contributed by atoms with Crippen LogP contribution in [0.1, 0.15) is 59.9 Å². The average molecular weight is 782 g/mol. The number of para-hydroxylation sites is 1. The third-order valence-corrected chi connectivity index (χ3v) is 14.3. The fourth-order valence-corrected chi connectivity index (χ4v) is 11.7. The van der Waals surface area contributed by atoms with Crippen LogP contribution in [0.4, 0.5) is 11.4 Å². The molecule has 2 nitrogen and oxygen atoms in total. The minimum absolute atomic E-state index is 0.374. The number of allylic oxidation sites excluding steroid dienone is 10. The van der Waals surface area contributed by atoms with Crippen LogP contribution in [0.15, 0.2) is 215 Å². The lowest BCUT2D eigenvalue weighted by molar-refractivity contribution is 0.555. The van der Waals surface area contributed by atoms with Crippen molar-refractivity contribution in [2.45, 2.75) is 37.5 Å². The Balaban J connectivity index is 1.03. The topological polar surface area (TPSA) is 16.4 Å². The van der Waals surface area contributed by atoms with Crippen molar-refractivity contribution in [1.29, 1.82) is 0 Å². The average Bonchev–Trinajstić information content (AvgIpc) is 3.96. The third-order valence-electron chi connectivity index (χ3n) is 14.3. The van der Waals surface area contributed by atoms with E-state index in [1.807, 2.05) is 6.07 Å². The lowest BCUT2D eigenvalue weighted by Gasteiger charge is -2.38. The standard InChI is InChI=1S/C59H43NO/c1-2-15-40(16-3-1)58-44-17-5-4-14-39(44)29-35-55(58)60(42-30-26-38(27-31-42)41-28-33-50-49-21-9-13-25-56(49)61-57(50)36-41)43-32-34-48-47-20-8-12-24-53(47)59(54(48)37-43)51-22-10-6-18-45(51)46-19-7-11-23-52(46)59/h1-6,8-13,15-18,20-28,30-34,36-37,39H,7,14,19,29,35H2. The molecule has 1 aromatic heterocycles. The Labute approximate surface area is 356 Å². The van der Waals surface area contributed by atoms with Crippen LogP contribution < -0.4 is 4.90 Å². The van der Waals surface area contributed by atoms with Gasteiger partial charge in [-0.3, -0.25) is 0 Å². The number of benzene rings is 7. The molecule has 2 unspecified atom stereocenters. The van der Waals surface area contributed by atoms with Crippen LogP contribution in [0, 0.1) is 5.92 Å². The van der Waals surface area contributed by atoms with Crippen molar-refractivity contribution in [3.05, 3.63) is 239 Å². The summed E-state index contributed by atoms with van der Waals surface area (Å²) in [4.78, 5) is 2.60. The molecule has 13 rings (SSSR count). The van der Waals surface area contributed by atoms with Crippen molar-refractivity contribution >= 4 is 44.5 Å². The lowest BCUT2D eigenvalue weighted by Crippen LogP contribution is -2.28. The van der Waals surface area contributed by atoms with E-state index in [-0.39, 0.29) is 5.41 Å². The van der Waals surface area contributed by atoms with Crippen molar-refractivity contribution in [2.24, 2.45) is 5.92 Å². The molecule has 2 heteroatoms. The molecule has 0 fully saturated rings. The predicted octanol–water partition coefficient (Wildman–Crippen LogP) is 15.5. The number of furan rings is 1. The van der Waals surface area contributed by atoms with E-state index < -0.39 is 0 Å². The Kier molecular flexibility index (Phi) is 7.63. The number of hydrogen-bond acceptors (Lipinski definition) is 2. The molecule has 0 bridgehead atoms. The maximum absolute atomic E-state index is 6.33. The van der Waals surface area contributed by atoms with Gasteiger partial charge in [0.05, 0.1) is 5.41 Å². The molecule has 1 spiro atoms. The third kappa shape index (κ3) is 5.03. The van der Waals surface area contributed by atoms with E-state index in [1.54, 1.807) is 0 Å². The molecule has 61 heavy (non-hydrogen) atoms. The second kappa shape index (κ2) is 13.4. The molecular weight excluding hydrogens is 739 g/mol. The van der Waals surface area contributed by atoms with Crippen LogP contribution in [0.25, 0.3) is 55.3 Å². The van der Waals surface area contributed by atoms with Crippen LogP contribution >= 0.6 is 0 Å². The highest BCUT2D eigenvalue weighted by atomic mass is 16.3. The summed E-state index contributed by atoms with van der Waals surface area (Å²) in [7, 11) is 0. The van der Waals surface area contributed by atoms with Gasteiger partial charge in [-0.25, -0.2) is 0 Å². The van der Waals surface area contributed by atoms with Crippen molar-refractivity contribution in [3.63, 3.8) is 0 Å². The molecule has 0 saturated heterocycles.